The van der Waals surface area contributed by atoms with Crippen LogP contribution in [0.1, 0.15) is 24.8 Å². The van der Waals surface area contributed by atoms with Gasteiger partial charge in [-0.15, -0.1) is 0 Å². The summed E-state index contributed by atoms with van der Waals surface area (Å²) in [5, 5.41) is 18.3. The van der Waals surface area contributed by atoms with Gasteiger partial charge in [0.15, 0.2) is 0 Å². The summed E-state index contributed by atoms with van der Waals surface area (Å²) in [7, 11) is 0. The van der Waals surface area contributed by atoms with Crippen LogP contribution in [0.5, 0.6) is 0 Å². The van der Waals surface area contributed by atoms with E-state index in [0.29, 0.717) is 6.54 Å². The van der Waals surface area contributed by atoms with E-state index in [0.717, 1.165) is 24.8 Å². The summed E-state index contributed by atoms with van der Waals surface area (Å²) in [6.07, 6.45) is 2.73. The lowest BCUT2D eigenvalue weighted by Gasteiger charge is -2.35. The smallest absolute Gasteiger partial charge is 0.0991 e. The van der Waals surface area contributed by atoms with Crippen molar-refractivity contribution in [2.24, 2.45) is 0 Å². The largest absolute Gasteiger partial charge is 0.268 e. The van der Waals surface area contributed by atoms with Crippen molar-refractivity contribution in [2.75, 3.05) is 0 Å². The molecule has 1 fully saturated rings. The number of benzene rings is 1. The molecule has 3 nitrogen and oxygen atoms in total. The van der Waals surface area contributed by atoms with Gasteiger partial charge < -0.3 is 0 Å². The lowest BCUT2D eigenvalue weighted by atomic mass is 9.96. The van der Waals surface area contributed by atoms with Crippen LogP contribution in [0.25, 0.3) is 0 Å². The average molecular weight is 225 g/mol. The molecule has 0 aromatic heterocycles. The Labute approximate surface area is 102 Å². The molecule has 1 saturated heterocycles. The Balaban J connectivity index is 2.15. The Hall–Kier alpha value is -1.84. The zero-order chi connectivity index (χ0) is 12.1. The number of hydrogen-bond acceptors (Lipinski definition) is 3. The summed E-state index contributed by atoms with van der Waals surface area (Å²) >= 11 is 0. The summed E-state index contributed by atoms with van der Waals surface area (Å²) in [5.41, 5.74) is 1.16. The molecule has 1 aromatic carbocycles. The van der Waals surface area contributed by atoms with Crippen LogP contribution in [0.2, 0.25) is 0 Å². The Morgan fingerprint density at radius 3 is 2.18 bits per heavy atom. The van der Waals surface area contributed by atoms with Gasteiger partial charge in [0.1, 0.15) is 0 Å². The number of hydrogen-bond donors (Lipinski definition) is 0. The zero-order valence-corrected chi connectivity index (χ0v) is 9.71. The first-order valence-corrected chi connectivity index (χ1v) is 5.94. The lowest BCUT2D eigenvalue weighted by molar-refractivity contribution is 0.136. The van der Waals surface area contributed by atoms with Gasteiger partial charge in [0.2, 0.25) is 0 Å². The first-order valence-electron chi connectivity index (χ1n) is 5.94. The minimum Gasteiger partial charge on any atom is -0.268 e. The molecule has 86 valence electrons. The number of piperidine rings is 1. The van der Waals surface area contributed by atoms with E-state index in [-0.39, 0.29) is 12.1 Å². The highest BCUT2D eigenvalue weighted by Crippen LogP contribution is 2.24. The number of nitrogens with zero attached hydrogens (tertiary/aromatic N) is 3. The molecule has 0 bridgehead atoms. The van der Waals surface area contributed by atoms with E-state index in [1.54, 1.807) is 0 Å². The molecule has 1 heterocycles. The third-order valence-electron chi connectivity index (χ3n) is 3.26. The van der Waals surface area contributed by atoms with Gasteiger partial charge in [-0.3, -0.25) is 4.90 Å². The maximum Gasteiger partial charge on any atom is 0.0991 e. The van der Waals surface area contributed by atoms with Crippen molar-refractivity contribution in [1.29, 1.82) is 10.5 Å². The maximum atomic E-state index is 9.15. The molecule has 0 aliphatic carbocycles. The minimum absolute atomic E-state index is 0.117. The minimum atomic E-state index is -0.117. The molecule has 0 saturated carbocycles. The van der Waals surface area contributed by atoms with Crippen molar-refractivity contribution in [3.05, 3.63) is 35.9 Å². The molecule has 0 N–H and O–H groups in total. The van der Waals surface area contributed by atoms with E-state index in [1.165, 1.54) is 0 Å². The van der Waals surface area contributed by atoms with Crippen molar-refractivity contribution in [3.63, 3.8) is 0 Å². The van der Waals surface area contributed by atoms with Gasteiger partial charge in [-0.2, -0.15) is 10.5 Å². The fourth-order valence-corrected chi connectivity index (χ4v) is 2.35. The van der Waals surface area contributed by atoms with Crippen molar-refractivity contribution in [3.8, 4) is 12.1 Å². The van der Waals surface area contributed by atoms with E-state index in [4.69, 9.17) is 10.5 Å². The van der Waals surface area contributed by atoms with Crippen LogP contribution >= 0.6 is 0 Å². The third-order valence-corrected chi connectivity index (χ3v) is 3.26. The fraction of sp³-hybridized carbons (Fsp3) is 0.429. The average Bonchev–Trinajstić information content (AvgIpc) is 2.40. The molecule has 0 spiro atoms. The fourth-order valence-electron chi connectivity index (χ4n) is 2.35. The summed E-state index contributed by atoms with van der Waals surface area (Å²) in [6.45, 7) is 0.692. The molecular formula is C14H15N3. The molecule has 2 rings (SSSR count). The normalized spacial score (nSPS) is 24.8. The van der Waals surface area contributed by atoms with E-state index in [2.05, 4.69) is 12.1 Å². The first kappa shape index (κ1) is 11.6. The van der Waals surface area contributed by atoms with Crippen LogP contribution in [0, 0.1) is 22.7 Å². The summed E-state index contributed by atoms with van der Waals surface area (Å²) in [4.78, 5) is 2.03. The predicted octanol–water partition coefficient (Wildman–Crippen LogP) is 2.46. The van der Waals surface area contributed by atoms with Crippen LogP contribution in [-0.2, 0) is 6.54 Å². The van der Waals surface area contributed by atoms with Crippen LogP contribution in [0.4, 0.5) is 0 Å². The first-order chi connectivity index (χ1) is 8.35. The Morgan fingerprint density at radius 1 is 1.06 bits per heavy atom. The van der Waals surface area contributed by atoms with Crippen LogP contribution in [-0.4, -0.2) is 17.0 Å². The Morgan fingerprint density at radius 2 is 1.65 bits per heavy atom. The topological polar surface area (TPSA) is 50.8 Å². The monoisotopic (exact) mass is 225 g/mol. The molecule has 2 unspecified atom stereocenters. The second-order valence-corrected chi connectivity index (χ2v) is 4.38. The van der Waals surface area contributed by atoms with E-state index in [9.17, 15) is 0 Å². The molecule has 17 heavy (non-hydrogen) atoms. The molecule has 1 aromatic rings. The number of likely N-dealkylation sites (tertiary alicyclic amines) is 1. The highest BCUT2D eigenvalue weighted by Gasteiger charge is 2.30. The van der Waals surface area contributed by atoms with E-state index >= 15 is 0 Å². The van der Waals surface area contributed by atoms with Gasteiger partial charge in [0.25, 0.3) is 0 Å². The van der Waals surface area contributed by atoms with Gasteiger partial charge in [-0.25, -0.2) is 0 Å². The van der Waals surface area contributed by atoms with Crippen molar-refractivity contribution >= 4 is 0 Å². The highest BCUT2D eigenvalue weighted by atomic mass is 15.2. The molecular weight excluding hydrogens is 210 g/mol. The van der Waals surface area contributed by atoms with Crippen LogP contribution in [0.15, 0.2) is 30.3 Å². The SMILES string of the molecule is N#CC1CCCC(C#N)N1Cc1ccccc1. The van der Waals surface area contributed by atoms with Crippen LogP contribution in [0.3, 0.4) is 0 Å². The Kier molecular flexibility index (Phi) is 3.75. The predicted molar refractivity (Wildman–Crippen MR) is 64.6 cm³/mol. The Bertz CT molecular complexity index is 419. The van der Waals surface area contributed by atoms with Gasteiger partial charge in [-0.05, 0) is 24.8 Å². The van der Waals surface area contributed by atoms with Crippen molar-refractivity contribution in [2.45, 2.75) is 37.9 Å². The number of nitriles is 2. The van der Waals surface area contributed by atoms with E-state index in [1.807, 2.05) is 35.2 Å². The summed E-state index contributed by atoms with van der Waals surface area (Å²) < 4.78 is 0. The highest BCUT2D eigenvalue weighted by molar-refractivity contribution is 5.16. The second-order valence-electron chi connectivity index (χ2n) is 4.38. The summed E-state index contributed by atoms with van der Waals surface area (Å²) in [6, 6.07) is 14.4. The maximum absolute atomic E-state index is 9.15. The van der Waals surface area contributed by atoms with Crippen molar-refractivity contribution < 1.29 is 0 Å². The molecule has 2 atom stereocenters. The standard InChI is InChI=1S/C14H15N3/c15-9-13-7-4-8-14(10-16)17(13)11-12-5-2-1-3-6-12/h1-3,5-6,13-14H,4,7-8,11H2. The third kappa shape index (κ3) is 2.64. The molecule has 0 amide bonds. The van der Waals surface area contributed by atoms with Crippen molar-refractivity contribution in [1.82, 2.24) is 4.90 Å². The number of rotatable bonds is 2. The molecule has 3 heteroatoms. The van der Waals surface area contributed by atoms with Gasteiger partial charge in [0.05, 0.1) is 24.2 Å². The molecule has 1 aliphatic rings. The molecule has 1 aliphatic heterocycles. The van der Waals surface area contributed by atoms with Gasteiger partial charge in [-0.1, -0.05) is 30.3 Å². The van der Waals surface area contributed by atoms with Gasteiger partial charge in [0, 0.05) is 6.54 Å². The quantitative estimate of drug-likeness (QED) is 0.776. The summed E-state index contributed by atoms with van der Waals surface area (Å²) in [5.74, 6) is 0. The van der Waals surface area contributed by atoms with Gasteiger partial charge >= 0.3 is 0 Å². The van der Waals surface area contributed by atoms with Crippen LogP contribution < -0.4 is 0 Å². The molecule has 0 radical (unpaired) electrons. The lowest BCUT2D eigenvalue weighted by Crippen LogP contribution is -2.44. The van der Waals surface area contributed by atoms with E-state index < -0.39 is 0 Å². The zero-order valence-electron chi connectivity index (χ0n) is 9.71. The second kappa shape index (κ2) is 5.48.